The number of amides is 2. The van der Waals surface area contributed by atoms with Crippen molar-refractivity contribution in [2.75, 3.05) is 33.8 Å². The normalized spacial score (nSPS) is 24.3. The Morgan fingerprint density at radius 3 is 2.58 bits per heavy atom. The molecule has 1 N–H and O–H groups in total. The van der Waals surface area contributed by atoms with E-state index in [2.05, 4.69) is 5.32 Å². The number of nitrogens with one attached hydrogen (secondary N) is 1. The Balaban J connectivity index is 1.84. The van der Waals surface area contributed by atoms with Crippen molar-refractivity contribution in [1.82, 2.24) is 15.1 Å². The Morgan fingerprint density at radius 2 is 1.92 bits per heavy atom. The third-order valence-corrected chi connectivity index (χ3v) is 5.24. The Bertz CT molecular complexity index is 614. The first-order valence-corrected chi connectivity index (χ1v) is 9.48. The molecule has 0 aromatic heterocycles. The highest BCUT2D eigenvalue weighted by atomic mass is 16.5. The summed E-state index contributed by atoms with van der Waals surface area (Å²) in [5.41, 5.74) is 0.959. The Labute approximate surface area is 155 Å². The van der Waals surface area contributed by atoms with Gasteiger partial charge in [-0.2, -0.15) is 0 Å². The summed E-state index contributed by atoms with van der Waals surface area (Å²) < 4.78 is 5.75. The van der Waals surface area contributed by atoms with Crippen LogP contribution in [0.1, 0.15) is 37.3 Å². The number of likely N-dealkylation sites (N-methyl/N-ethyl adjacent to an activating group) is 1. The van der Waals surface area contributed by atoms with E-state index >= 15 is 0 Å². The lowest BCUT2D eigenvalue weighted by Crippen LogP contribution is -2.57. The molecule has 2 amide bonds. The molecular formula is C20H29N3O3. The molecule has 1 aromatic rings. The topological polar surface area (TPSA) is 61.9 Å². The van der Waals surface area contributed by atoms with E-state index in [9.17, 15) is 9.59 Å². The lowest BCUT2D eigenvalue weighted by molar-refractivity contribution is -0.168. The second-order valence-corrected chi connectivity index (χ2v) is 7.42. The lowest BCUT2D eigenvalue weighted by Gasteiger charge is -2.43. The van der Waals surface area contributed by atoms with Crippen LogP contribution in [0.4, 0.5) is 0 Å². The Morgan fingerprint density at radius 1 is 1.23 bits per heavy atom. The SMILES string of the molecule is CN(C)CCNC(=O)[C@@H]1OCC(=O)N(C2CCCC2)[C@H]1c1ccccc1. The number of ether oxygens (including phenoxy) is 1. The summed E-state index contributed by atoms with van der Waals surface area (Å²) in [6.07, 6.45) is 3.61. The fourth-order valence-corrected chi connectivity index (χ4v) is 3.95. The summed E-state index contributed by atoms with van der Waals surface area (Å²) in [6.45, 7) is 1.30. The highest BCUT2D eigenvalue weighted by Gasteiger charge is 2.44. The largest absolute Gasteiger partial charge is 0.356 e. The molecule has 2 fully saturated rings. The van der Waals surface area contributed by atoms with Crippen LogP contribution in [-0.2, 0) is 14.3 Å². The van der Waals surface area contributed by atoms with E-state index in [-0.39, 0.29) is 30.5 Å². The minimum atomic E-state index is -0.669. The Hall–Kier alpha value is -1.92. The number of hydrogen-bond donors (Lipinski definition) is 1. The molecule has 0 spiro atoms. The molecule has 1 saturated carbocycles. The summed E-state index contributed by atoms with van der Waals surface area (Å²) in [4.78, 5) is 29.5. The highest BCUT2D eigenvalue weighted by molar-refractivity contribution is 5.86. The zero-order valence-electron chi connectivity index (χ0n) is 15.7. The van der Waals surface area contributed by atoms with Gasteiger partial charge in [-0.15, -0.1) is 0 Å². The maximum Gasteiger partial charge on any atom is 0.251 e. The highest BCUT2D eigenvalue weighted by Crippen LogP contribution is 2.36. The van der Waals surface area contributed by atoms with Gasteiger partial charge in [0.25, 0.3) is 5.91 Å². The van der Waals surface area contributed by atoms with Gasteiger partial charge in [-0.25, -0.2) is 0 Å². The van der Waals surface area contributed by atoms with Crippen molar-refractivity contribution >= 4 is 11.8 Å². The number of benzene rings is 1. The van der Waals surface area contributed by atoms with E-state index in [1.165, 1.54) is 0 Å². The molecule has 1 aromatic carbocycles. The fourth-order valence-electron chi connectivity index (χ4n) is 3.95. The van der Waals surface area contributed by atoms with Gasteiger partial charge in [0.1, 0.15) is 6.61 Å². The minimum absolute atomic E-state index is 0.0110. The van der Waals surface area contributed by atoms with Gasteiger partial charge in [-0.05, 0) is 32.5 Å². The van der Waals surface area contributed by atoms with Crippen molar-refractivity contribution in [2.24, 2.45) is 0 Å². The number of rotatable bonds is 6. The summed E-state index contributed by atoms with van der Waals surface area (Å²) in [5.74, 6) is -0.153. The predicted molar refractivity (Wildman–Crippen MR) is 99.6 cm³/mol. The molecule has 6 nitrogen and oxygen atoms in total. The van der Waals surface area contributed by atoms with Crippen LogP contribution in [0, 0.1) is 0 Å². The standard InChI is InChI=1S/C20H29N3O3/c1-22(2)13-12-21-20(25)19-18(15-8-4-3-5-9-15)23(17(24)14-26-19)16-10-6-7-11-16/h3-5,8-9,16,18-19H,6-7,10-14H2,1-2H3,(H,21,25)/t18-,19+/m0/s1. The second kappa shape index (κ2) is 8.64. The first-order chi connectivity index (χ1) is 12.6. The van der Waals surface area contributed by atoms with Crippen LogP contribution in [-0.4, -0.2) is 67.6 Å². The number of carbonyl (C=O) groups excluding carboxylic acids is 2. The molecule has 3 rings (SSSR count). The van der Waals surface area contributed by atoms with Crippen molar-refractivity contribution in [1.29, 1.82) is 0 Å². The molecule has 1 heterocycles. The molecule has 6 heteroatoms. The molecule has 2 aliphatic rings. The van der Waals surface area contributed by atoms with Crippen molar-refractivity contribution < 1.29 is 14.3 Å². The molecule has 0 radical (unpaired) electrons. The summed E-state index contributed by atoms with van der Waals surface area (Å²) in [6, 6.07) is 9.64. The van der Waals surface area contributed by atoms with Gasteiger partial charge in [0.15, 0.2) is 6.10 Å². The fraction of sp³-hybridized carbons (Fsp3) is 0.600. The van der Waals surface area contributed by atoms with E-state index < -0.39 is 6.10 Å². The summed E-state index contributed by atoms with van der Waals surface area (Å²) >= 11 is 0. The van der Waals surface area contributed by atoms with Crippen molar-refractivity contribution in [2.45, 2.75) is 43.9 Å². The first kappa shape index (κ1) is 18.9. The number of morpholine rings is 1. The van der Waals surface area contributed by atoms with Crippen molar-refractivity contribution in [3.8, 4) is 0 Å². The maximum absolute atomic E-state index is 12.8. The summed E-state index contributed by atoms with van der Waals surface area (Å²) in [7, 11) is 3.94. The van der Waals surface area contributed by atoms with Crippen LogP contribution in [0.25, 0.3) is 0 Å². The van der Waals surface area contributed by atoms with E-state index in [0.717, 1.165) is 37.8 Å². The molecule has 1 saturated heterocycles. The molecule has 0 bridgehead atoms. The second-order valence-electron chi connectivity index (χ2n) is 7.42. The molecule has 142 valence electrons. The maximum atomic E-state index is 12.8. The predicted octanol–water partition coefficient (Wildman–Crippen LogP) is 1.58. The smallest absolute Gasteiger partial charge is 0.251 e. The van der Waals surface area contributed by atoms with Crippen LogP contribution in [0.5, 0.6) is 0 Å². The number of hydrogen-bond acceptors (Lipinski definition) is 4. The van der Waals surface area contributed by atoms with Crippen LogP contribution < -0.4 is 5.32 Å². The molecule has 2 atom stereocenters. The monoisotopic (exact) mass is 359 g/mol. The molecule has 0 unspecified atom stereocenters. The van der Waals surface area contributed by atoms with Gasteiger partial charge in [0.05, 0.1) is 6.04 Å². The van der Waals surface area contributed by atoms with Crippen LogP contribution in [0.2, 0.25) is 0 Å². The third kappa shape index (κ3) is 4.24. The van der Waals surface area contributed by atoms with E-state index in [0.29, 0.717) is 6.54 Å². The average Bonchev–Trinajstić information content (AvgIpc) is 3.16. The van der Waals surface area contributed by atoms with Crippen molar-refractivity contribution in [3.63, 3.8) is 0 Å². The van der Waals surface area contributed by atoms with Gasteiger partial charge in [-0.1, -0.05) is 43.2 Å². The van der Waals surface area contributed by atoms with Gasteiger partial charge < -0.3 is 19.9 Å². The van der Waals surface area contributed by atoms with Crippen LogP contribution >= 0.6 is 0 Å². The van der Waals surface area contributed by atoms with Crippen LogP contribution in [0.3, 0.4) is 0 Å². The van der Waals surface area contributed by atoms with Gasteiger partial charge >= 0.3 is 0 Å². The zero-order chi connectivity index (χ0) is 18.5. The average molecular weight is 359 g/mol. The Kier molecular flexibility index (Phi) is 6.27. The minimum Gasteiger partial charge on any atom is -0.356 e. The molecule has 1 aliphatic heterocycles. The van der Waals surface area contributed by atoms with Gasteiger partial charge in [0.2, 0.25) is 5.91 Å². The van der Waals surface area contributed by atoms with Crippen molar-refractivity contribution in [3.05, 3.63) is 35.9 Å². The molecular weight excluding hydrogens is 330 g/mol. The van der Waals surface area contributed by atoms with Gasteiger partial charge in [0, 0.05) is 19.1 Å². The van der Waals surface area contributed by atoms with Gasteiger partial charge in [-0.3, -0.25) is 9.59 Å². The van der Waals surface area contributed by atoms with Crippen LogP contribution in [0.15, 0.2) is 30.3 Å². The quantitative estimate of drug-likeness (QED) is 0.838. The van der Waals surface area contributed by atoms with E-state index in [4.69, 9.17) is 4.74 Å². The lowest BCUT2D eigenvalue weighted by atomic mass is 9.95. The molecule has 1 aliphatic carbocycles. The summed E-state index contributed by atoms with van der Waals surface area (Å²) in [5, 5.41) is 2.97. The van der Waals surface area contributed by atoms with E-state index in [1.807, 2.05) is 54.2 Å². The van der Waals surface area contributed by atoms with E-state index in [1.54, 1.807) is 0 Å². The first-order valence-electron chi connectivity index (χ1n) is 9.48. The number of nitrogens with zero attached hydrogens (tertiary/aromatic N) is 2. The zero-order valence-corrected chi connectivity index (χ0v) is 15.7. The molecule has 26 heavy (non-hydrogen) atoms. The number of carbonyl (C=O) groups is 2. The third-order valence-electron chi connectivity index (χ3n) is 5.24.